The van der Waals surface area contributed by atoms with Gasteiger partial charge in [0.05, 0.1) is 76.7 Å². The lowest BCUT2D eigenvalue weighted by Gasteiger charge is -2.21. The fourth-order valence-electron chi connectivity index (χ4n) is 6.86. The Morgan fingerprint density at radius 3 is 1.55 bits per heavy atom. The lowest BCUT2D eigenvalue weighted by Crippen LogP contribution is -2.34. The summed E-state index contributed by atoms with van der Waals surface area (Å²) in [5.41, 5.74) is 3.52. The highest BCUT2D eigenvalue weighted by atomic mass is 35.5. The number of hydrogen-bond donors (Lipinski definition) is 4. The molecule has 4 amide bonds. The number of carbonyl (C=O) groups is 4. The molecule has 7 heterocycles. The number of anilines is 4. The van der Waals surface area contributed by atoms with E-state index in [0.29, 0.717) is 35.9 Å². The summed E-state index contributed by atoms with van der Waals surface area (Å²) in [4.78, 5) is 61.5. The summed E-state index contributed by atoms with van der Waals surface area (Å²) in [6, 6.07) is 29.4. The lowest BCUT2D eigenvalue weighted by molar-refractivity contribution is 0.0915. The van der Waals surface area contributed by atoms with Gasteiger partial charge in [0.25, 0.3) is 11.8 Å². The Morgan fingerprint density at radius 1 is 0.667 bits per heavy atom. The van der Waals surface area contributed by atoms with E-state index < -0.39 is 18.3 Å². The summed E-state index contributed by atoms with van der Waals surface area (Å²) in [5, 5.41) is 16.1. The van der Waals surface area contributed by atoms with Gasteiger partial charge in [-0.3, -0.25) is 29.8 Å². The maximum Gasteiger partial charge on any atom is 0.414 e. The molecule has 2 aromatic carbocycles. The van der Waals surface area contributed by atoms with Crippen LogP contribution in [-0.4, -0.2) is 101 Å². The molecule has 0 aliphatic carbocycles. The summed E-state index contributed by atoms with van der Waals surface area (Å²) in [5.74, 6) is 0.614. The van der Waals surface area contributed by atoms with Crippen molar-refractivity contribution in [3.8, 4) is 0 Å². The van der Waals surface area contributed by atoms with E-state index >= 15 is 0 Å². The van der Waals surface area contributed by atoms with Crippen molar-refractivity contribution in [1.82, 2.24) is 10.6 Å². The highest BCUT2D eigenvalue weighted by Gasteiger charge is 2.34. The smallest absolute Gasteiger partial charge is 0.414 e. The van der Waals surface area contributed by atoms with Crippen LogP contribution in [0.1, 0.15) is 42.4 Å². The van der Waals surface area contributed by atoms with Crippen LogP contribution in [0.2, 0.25) is 17.3 Å². The Morgan fingerprint density at radius 2 is 1.12 bits per heavy atom. The first-order chi connectivity index (χ1) is 33.3. The first-order valence-electron chi connectivity index (χ1n) is 21.2. The van der Waals surface area contributed by atoms with Gasteiger partial charge in [0.15, 0.2) is 0 Å². The van der Waals surface area contributed by atoms with Crippen molar-refractivity contribution in [2.45, 2.75) is 25.6 Å². The Labute approximate surface area is 434 Å². The quantitative estimate of drug-likeness (QED) is 0.0610. The molecular weight excluding hydrogens is 1050 g/mol. The van der Waals surface area contributed by atoms with Gasteiger partial charge in [-0.15, -0.1) is 45.3 Å². The molecule has 6 aromatic rings. The average molecular weight is 1090 g/mol. The van der Waals surface area contributed by atoms with E-state index in [1.165, 1.54) is 52.5 Å². The molecule has 0 radical (unpaired) electrons. The van der Waals surface area contributed by atoms with Gasteiger partial charge in [-0.25, -0.2) is 9.59 Å². The second-order valence-electron chi connectivity index (χ2n) is 14.9. The van der Waals surface area contributed by atoms with Crippen LogP contribution in [-0.2, 0) is 14.2 Å². The largest absolute Gasteiger partial charge is 0.480 e. The predicted octanol–water partition coefficient (Wildman–Crippen LogP) is 11.5. The number of aliphatic imine (C=N–C) groups is 1. The second-order valence-corrected chi connectivity index (χ2v) is 21.8. The molecular formula is C46H44Cl4N8O7S4. The molecule has 0 spiro atoms. The highest BCUT2D eigenvalue weighted by molar-refractivity contribution is 7.19. The van der Waals surface area contributed by atoms with Crippen molar-refractivity contribution in [3.05, 3.63) is 134 Å². The SMILES string of the molecule is CCCNc1ccc(N2C[C@H](CNC(=O)c3ccc(Cl)s3)OC2=O)cc1.COC(=N)c1ccc(Cl)s1.O=C(NC[C@H]1CN(c2ccc(N3CCN=C3c3ccc(Cl)s3)cc2)C(=O)O1)c1ccc(Cl)s1. The Balaban J connectivity index is 0.000000173. The van der Waals surface area contributed by atoms with Crippen LogP contribution >= 0.6 is 91.8 Å². The number of amides is 4. The number of cyclic esters (lactones) is 2. The normalized spacial score (nSPS) is 16.1. The van der Waals surface area contributed by atoms with Gasteiger partial charge in [-0.05, 0) is 103 Å². The van der Waals surface area contributed by atoms with Crippen molar-refractivity contribution in [2.24, 2.45) is 4.99 Å². The summed E-state index contributed by atoms with van der Waals surface area (Å²) >= 11 is 28.7. The Bertz CT molecular complexity index is 2780. The van der Waals surface area contributed by atoms with Crippen molar-refractivity contribution in [1.29, 1.82) is 5.41 Å². The summed E-state index contributed by atoms with van der Waals surface area (Å²) in [7, 11) is 1.47. The van der Waals surface area contributed by atoms with E-state index in [0.717, 1.165) is 68.7 Å². The molecule has 4 N–H and O–H groups in total. The van der Waals surface area contributed by atoms with Gasteiger partial charge >= 0.3 is 12.2 Å². The number of ether oxygens (including phenoxy) is 3. The molecule has 3 aliphatic heterocycles. The van der Waals surface area contributed by atoms with E-state index in [-0.39, 0.29) is 36.9 Å². The molecule has 0 saturated carbocycles. The second kappa shape index (κ2) is 24.4. The highest BCUT2D eigenvalue weighted by Crippen LogP contribution is 2.31. The third-order valence-corrected chi connectivity index (χ3v) is 15.1. The zero-order valence-corrected chi connectivity index (χ0v) is 43.1. The van der Waals surface area contributed by atoms with Crippen LogP contribution < -0.4 is 30.7 Å². The first kappa shape index (κ1) is 51.5. The molecule has 15 nitrogen and oxygen atoms in total. The van der Waals surface area contributed by atoms with Crippen molar-refractivity contribution in [3.63, 3.8) is 0 Å². The van der Waals surface area contributed by atoms with E-state index in [1.807, 2.05) is 60.7 Å². The van der Waals surface area contributed by atoms with Crippen LogP contribution in [0.4, 0.5) is 32.3 Å². The summed E-state index contributed by atoms with van der Waals surface area (Å²) in [6.07, 6.45) is -0.613. The van der Waals surface area contributed by atoms with Gasteiger partial charge in [-0.1, -0.05) is 53.3 Å². The summed E-state index contributed by atoms with van der Waals surface area (Å²) < 4.78 is 18.0. The predicted molar refractivity (Wildman–Crippen MR) is 281 cm³/mol. The Hall–Kier alpha value is -5.38. The molecule has 2 fully saturated rings. The number of methoxy groups -OCH3 is 1. The first-order valence-corrected chi connectivity index (χ1v) is 26.0. The molecule has 2 saturated heterocycles. The van der Waals surface area contributed by atoms with Gasteiger partial charge < -0.3 is 35.1 Å². The molecule has 0 unspecified atom stereocenters. The van der Waals surface area contributed by atoms with Crippen LogP contribution in [0.5, 0.6) is 0 Å². The maximum atomic E-state index is 12.4. The number of amidine groups is 1. The van der Waals surface area contributed by atoms with E-state index in [1.54, 1.807) is 46.2 Å². The molecule has 2 atom stereocenters. The fourth-order valence-corrected chi connectivity index (χ4v) is 10.8. The van der Waals surface area contributed by atoms with Crippen LogP contribution in [0, 0.1) is 5.41 Å². The van der Waals surface area contributed by atoms with Crippen LogP contribution in [0.25, 0.3) is 0 Å². The molecule has 3 aliphatic rings. The van der Waals surface area contributed by atoms with Crippen LogP contribution in [0.3, 0.4) is 0 Å². The third kappa shape index (κ3) is 13.9. The number of nitrogens with zero attached hydrogens (tertiary/aromatic N) is 4. The number of thiophene rings is 4. The van der Waals surface area contributed by atoms with Gasteiger partial charge in [0.2, 0.25) is 5.90 Å². The maximum absolute atomic E-state index is 12.4. The number of benzene rings is 2. The minimum atomic E-state index is -0.433. The number of nitrogens with one attached hydrogen (secondary N) is 4. The number of halogens is 4. The molecule has 23 heteroatoms. The third-order valence-electron chi connectivity index (χ3n) is 10.2. The molecule has 362 valence electrons. The van der Waals surface area contributed by atoms with Gasteiger partial charge in [0, 0.05) is 35.8 Å². The van der Waals surface area contributed by atoms with Gasteiger partial charge in [0.1, 0.15) is 18.0 Å². The molecule has 69 heavy (non-hydrogen) atoms. The van der Waals surface area contributed by atoms with E-state index in [9.17, 15) is 19.2 Å². The van der Waals surface area contributed by atoms with Crippen molar-refractivity contribution < 1.29 is 33.4 Å². The van der Waals surface area contributed by atoms with E-state index in [2.05, 4.69) is 37.5 Å². The number of hydrogen-bond acceptors (Lipinski definition) is 15. The average Bonchev–Trinajstić information content (AvgIpc) is 4.23. The van der Waals surface area contributed by atoms with Crippen molar-refractivity contribution in [2.75, 3.05) is 72.9 Å². The zero-order valence-electron chi connectivity index (χ0n) is 36.8. The Kier molecular flexibility index (Phi) is 18.2. The summed E-state index contributed by atoms with van der Waals surface area (Å²) in [6.45, 7) is 5.75. The molecule has 9 rings (SSSR count). The van der Waals surface area contributed by atoms with Crippen LogP contribution in [0.15, 0.2) is 102 Å². The van der Waals surface area contributed by atoms with E-state index in [4.69, 9.17) is 61.3 Å². The molecule has 0 bridgehead atoms. The minimum Gasteiger partial charge on any atom is -0.480 e. The molecule has 4 aromatic heterocycles. The monoisotopic (exact) mass is 1090 g/mol. The lowest BCUT2D eigenvalue weighted by atomic mass is 10.2. The van der Waals surface area contributed by atoms with Gasteiger partial charge in [-0.2, -0.15) is 0 Å². The zero-order chi connectivity index (χ0) is 49.0. The number of carbonyl (C=O) groups excluding carboxylic acids is 4. The van der Waals surface area contributed by atoms with Crippen molar-refractivity contribution >= 4 is 150 Å². The minimum absolute atomic E-state index is 0.164. The number of rotatable bonds is 14. The standard InChI is InChI=1S/C22H18Cl2N4O3S2.C18H20ClN3O3S.C6H6ClNOS/c23-18-7-5-16(32-18)20-25-9-10-27(20)13-1-3-14(4-2-13)28-12-15(31-22(28)30)11-26-21(29)17-6-8-19(24)33-17;1-2-9-20-12-3-5-13(6-4-12)22-11-14(25-18(22)24)10-21-17(23)15-7-8-16(19)26-15;1-9-6(8)4-2-3-5(7)10-4/h1-8,15H,9-12H2,(H,26,29);3-8,14,20H,2,9-11H2,1H3,(H,21,23);2-3,8H,1H3/t15-;14-;/m00./s1. The topological polar surface area (TPSA) is 178 Å². The fraction of sp³-hybridized carbons (Fsp3) is 0.261.